The lowest BCUT2D eigenvalue weighted by Crippen LogP contribution is -2.39. The minimum Gasteiger partial charge on any atom is -0.497 e. The second-order valence-electron chi connectivity index (χ2n) is 7.07. The Kier molecular flexibility index (Phi) is 8.25. The molecule has 1 aromatic heterocycles. The number of ether oxygens (including phenoxy) is 2. The number of nitrogens with zero attached hydrogens (tertiary/aromatic N) is 1. The topological polar surface area (TPSA) is 68.0 Å². The maximum Gasteiger partial charge on any atom is 0.191 e. The van der Waals surface area contributed by atoms with Crippen molar-refractivity contribution in [1.82, 2.24) is 10.6 Å². The lowest BCUT2D eigenvalue weighted by molar-refractivity contribution is 0.123. The van der Waals surface area contributed by atoms with E-state index in [4.69, 9.17) is 18.9 Å². The third-order valence-corrected chi connectivity index (χ3v) is 4.63. The molecule has 1 aromatic carbocycles. The van der Waals surface area contributed by atoms with Gasteiger partial charge in [0.05, 0.1) is 19.9 Å². The van der Waals surface area contributed by atoms with Crippen LogP contribution in [0.15, 0.2) is 52.1 Å². The van der Waals surface area contributed by atoms with Crippen LogP contribution in [-0.4, -0.2) is 39.4 Å². The highest BCUT2D eigenvalue weighted by molar-refractivity contribution is 5.79. The van der Waals surface area contributed by atoms with E-state index in [1.54, 1.807) is 13.4 Å². The highest BCUT2D eigenvalue weighted by atomic mass is 16.5. The molecule has 2 N–H and O–H groups in total. The number of methoxy groups -OCH3 is 1. The van der Waals surface area contributed by atoms with Gasteiger partial charge in [-0.3, -0.25) is 0 Å². The van der Waals surface area contributed by atoms with Crippen molar-refractivity contribution in [3.05, 3.63) is 54.0 Å². The number of nitrogens with one attached hydrogen (secondary N) is 2. The molecule has 2 aromatic rings. The number of benzene rings is 1. The Balaban J connectivity index is 1.43. The first-order valence-corrected chi connectivity index (χ1v) is 10.1. The van der Waals surface area contributed by atoms with Crippen LogP contribution in [-0.2, 0) is 17.7 Å². The first-order valence-electron chi connectivity index (χ1n) is 10.1. The number of guanidine groups is 1. The average molecular weight is 386 g/mol. The van der Waals surface area contributed by atoms with Crippen molar-refractivity contribution < 1.29 is 13.9 Å². The quantitative estimate of drug-likeness (QED) is 0.333. The first-order chi connectivity index (χ1) is 13.8. The van der Waals surface area contributed by atoms with Crippen LogP contribution in [0.1, 0.15) is 30.6 Å². The highest BCUT2D eigenvalue weighted by Gasteiger charge is 2.20. The molecule has 3 rings (SSSR count). The van der Waals surface area contributed by atoms with E-state index in [0.717, 1.165) is 68.1 Å². The van der Waals surface area contributed by atoms with Gasteiger partial charge in [0.2, 0.25) is 0 Å². The molecule has 0 bridgehead atoms. The summed E-state index contributed by atoms with van der Waals surface area (Å²) < 4.78 is 16.3. The maximum absolute atomic E-state index is 5.70. The molecule has 0 radical (unpaired) electrons. The zero-order valence-electron chi connectivity index (χ0n) is 16.7. The molecular formula is C22H31N3O3. The van der Waals surface area contributed by atoms with E-state index in [1.807, 2.05) is 36.4 Å². The number of rotatable bonds is 12. The normalized spacial score (nSPS) is 14.1. The molecule has 1 saturated carbocycles. The molecule has 6 heteroatoms. The van der Waals surface area contributed by atoms with Crippen molar-refractivity contribution in [2.75, 3.05) is 33.4 Å². The van der Waals surface area contributed by atoms with E-state index in [0.29, 0.717) is 6.54 Å². The zero-order valence-corrected chi connectivity index (χ0v) is 16.7. The molecule has 1 heterocycles. The van der Waals surface area contributed by atoms with Crippen molar-refractivity contribution >= 4 is 5.96 Å². The van der Waals surface area contributed by atoms with Gasteiger partial charge in [-0.25, -0.2) is 4.99 Å². The number of hydrogen-bond acceptors (Lipinski definition) is 4. The standard InChI is InChI=1S/C22H31N3O3/c1-26-20-9-7-18(8-10-20)16-25-22(24-13-11-21-4-2-15-28-21)23-12-3-14-27-17-19-5-6-19/h2,4,7-10,15,19H,3,5-6,11-14,16-17H2,1H3,(H2,23,24,25). The van der Waals surface area contributed by atoms with E-state index in [2.05, 4.69) is 10.6 Å². The molecule has 1 fully saturated rings. The summed E-state index contributed by atoms with van der Waals surface area (Å²) in [4.78, 5) is 4.71. The second kappa shape index (κ2) is 11.4. The summed E-state index contributed by atoms with van der Waals surface area (Å²) in [5.41, 5.74) is 1.14. The van der Waals surface area contributed by atoms with Gasteiger partial charge in [0.25, 0.3) is 0 Å². The smallest absolute Gasteiger partial charge is 0.191 e. The molecule has 0 amide bonds. The molecule has 6 nitrogen and oxygen atoms in total. The maximum atomic E-state index is 5.70. The SMILES string of the molecule is COc1ccc(CN=C(NCCCOCC2CC2)NCCc2ccco2)cc1. The molecular weight excluding hydrogens is 354 g/mol. The summed E-state index contributed by atoms with van der Waals surface area (Å²) in [5, 5.41) is 6.78. The molecule has 0 spiro atoms. The Morgan fingerprint density at radius 1 is 1.14 bits per heavy atom. The van der Waals surface area contributed by atoms with Gasteiger partial charge < -0.3 is 24.5 Å². The van der Waals surface area contributed by atoms with E-state index in [9.17, 15) is 0 Å². The number of hydrogen-bond donors (Lipinski definition) is 2. The van der Waals surface area contributed by atoms with Gasteiger partial charge in [0.15, 0.2) is 5.96 Å². The summed E-state index contributed by atoms with van der Waals surface area (Å²) in [5.74, 6) is 3.45. The molecule has 0 saturated heterocycles. The van der Waals surface area contributed by atoms with Gasteiger partial charge in [-0.15, -0.1) is 0 Å². The average Bonchev–Trinajstić information content (AvgIpc) is 3.41. The predicted molar refractivity (Wildman–Crippen MR) is 111 cm³/mol. The van der Waals surface area contributed by atoms with Gasteiger partial charge in [-0.1, -0.05) is 12.1 Å². The van der Waals surface area contributed by atoms with Crippen LogP contribution in [0, 0.1) is 5.92 Å². The molecule has 0 aliphatic heterocycles. The Bertz CT molecular complexity index is 694. The largest absolute Gasteiger partial charge is 0.497 e. The second-order valence-corrected chi connectivity index (χ2v) is 7.07. The molecule has 152 valence electrons. The zero-order chi connectivity index (χ0) is 19.4. The van der Waals surface area contributed by atoms with Crippen molar-refractivity contribution in [3.8, 4) is 5.75 Å². The third kappa shape index (κ3) is 7.64. The minimum absolute atomic E-state index is 0.609. The number of furan rings is 1. The van der Waals surface area contributed by atoms with Gasteiger partial charge >= 0.3 is 0 Å². The molecule has 0 atom stereocenters. The monoisotopic (exact) mass is 385 g/mol. The summed E-state index contributed by atoms with van der Waals surface area (Å²) in [6, 6.07) is 11.9. The number of aliphatic imine (C=N–C) groups is 1. The van der Waals surface area contributed by atoms with Gasteiger partial charge in [-0.2, -0.15) is 0 Å². The summed E-state index contributed by atoms with van der Waals surface area (Å²) >= 11 is 0. The van der Waals surface area contributed by atoms with Gasteiger partial charge in [0.1, 0.15) is 11.5 Å². The summed E-state index contributed by atoms with van der Waals surface area (Å²) in [7, 11) is 1.67. The van der Waals surface area contributed by atoms with Crippen molar-refractivity contribution in [2.24, 2.45) is 10.9 Å². The lowest BCUT2D eigenvalue weighted by atomic mass is 10.2. The summed E-state index contributed by atoms with van der Waals surface area (Å²) in [6.45, 7) is 3.92. The van der Waals surface area contributed by atoms with Crippen LogP contribution >= 0.6 is 0 Å². The van der Waals surface area contributed by atoms with Gasteiger partial charge in [-0.05, 0) is 55.0 Å². The van der Waals surface area contributed by atoms with Crippen LogP contribution < -0.4 is 15.4 Å². The fraction of sp³-hybridized carbons (Fsp3) is 0.500. The van der Waals surface area contributed by atoms with Crippen LogP contribution in [0.5, 0.6) is 5.75 Å². The van der Waals surface area contributed by atoms with Crippen molar-refractivity contribution in [2.45, 2.75) is 32.2 Å². The third-order valence-electron chi connectivity index (χ3n) is 4.63. The molecule has 28 heavy (non-hydrogen) atoms. The summed E-state index contributed by atoms with van der Waals surface area (Å²) in [6.07, 6.45) is 6.16. The highest BCUT2D eigenvalue weighted by Crippen LogP contribution is 2.28. The first kappa shape index (κ1) is 20.3. The van der Waals surface area contributed by atoms with E-state index in [1.165, 1.54) is 12.8 Å². The van der Waals surface area contributed by atoms with Crippen molar-refractivity contribution in [3.63, 3.8) is 0 Å². The van der Waals surface area contributed by atoms with E-state index >= 15 is 0 Å². The Hall–Kier alpha value is -2.47. The molecule has 1 aliphatic carbocycles. The fourth-order valence-electron chi connectivity index (χ4n) is 2.75. The van der Waals surface area contributed by atoms with Crippen LogP contribution in [0.4, 0.5) is 0 Å². The van der Waals surface area contributed by atoms with Crippen LogP contribution in [0.25, 0.3) is 0 Å². The molecule has 0 unspecified atom stereocenters. The Morgan fingerprint density at radius 2 is 1.96 bits per heavy atom. The minimum atomic E-state index is 0.609. The Morgan fingerprint density at radius 3 is 2.68 bits per heavy atom. The van der Waals surface area contributed by atoms with Crippen LogP contribution in [0.2, 0.25) is 0 Å². The molecule has 1 aliphatic rings. The van der Waals surface area contributed by atoms with Crippen molar-refractivity contribution in [1.29, 1.82) is 0 Å². The van der Waals surface area contributed by atoms with E-state index in [-0.39, 0.29) is 0 Å². The van der Waals surface area contributed by atoms with Gasteiger partial charge in [0, 0.05) is 32.7 Å². The Labute approximate surface area is 167 Å². The fourth-order valence-corrected chi connectivity index (χ4v) is 2.75. The van der Waals surface area contributed by atoms with Crippen LogP contribution in [0.3, 0.4) is 0 Å². The predicted octanol–water partition coefficient (Wildman–Crippen LogP) is 3.38. The van der Waals surface area contributed by atoms with E-state index < -0.39 is 0 Å². The lowest BCUT2D eigenvalue weighted by Gasteiger charge is -2.12.